The number of hydrogen-bond acceptors (Lipinski definition) is 6. The third-order valence-electron chi connectivity index (χ3n) is 5.03. The van der Waals surface area contributed by atoms with Crippen molar-refractivity contribution >= 4 is 46.0 Å². The van der Waals surface area contributed by atoms with Crippen molar-refractivity contribution in [2.75, 3.05) is 14.2 Å². The van der Waals surface area contributed by atoms with Gasteiger partial charge in [0.15, 0.2) is 16.7 Å². The zero-order valence-electron chi connectivity index (χ0n) is 17.2. The molecule has 1 atom stereocenters. The van der Waals surface area contributed by atoms with E-state index in [1.165, 1.54) is 0 Å². The van der Waals surface area contributed by atoms with Gasteiger partial charge in [0, 0.05) is 22.4 Å². The second kappa shape index (κ2) is 8.32. The van der Waals surface area contributed by atoms with E-state index in [4.69, 9.17) is 26.1 Å². The highest BCUT2D eigenvalue weighted by atomic mass is 35.5. The third-order valence-corrected chi connectivity index (χ3v) is 6.29. The number of fused-ring (bicyclic) bond motifs is 3. The number of halogens is 1. The largest absolute Gasteiger partial charge is 0.493 e. The van der Waals surface area contributed by atoms with Crippen LogP contribution in [0.25, 0.3) is 0 Å². The van der Waals surface area contributed by atoms with Crippen LogP contribution in [0.3, 0.4) is 0 Å². The first-order valence-corrected chi connectivity index (χ1v) is 10.9. The van der Waals surface area contributed by atoms with E-state index in [1.54, 1.807) is 26.0 Å². The van der Waals surface area contributed by atoms with Gasteiger partial charge in [-0.2, -0.15) is 4.99 Å². The first-order chi connectivity index (χ1) is 14.4. The zero-order valence-corrected chi connectivity index (χ0v) is 18.8. The molecule has 2 heterocycles. The molecule has 2 aliphatic heterocycles. The van der Waals surface area contributed by atoms with Gasteiger partial charge in [-0.3, -0.25) is 9.69 Å². The van der Waals surface area contributed by atoms with Gasteiger partial charge in [-0.25, -0.2) is 4.99 Å². The Morgan fingerprint density at radius 1 is 1.13 bits per heavy atom. The van der Waals surface area contributed by atoms with Crippen LogP contribution < -0.4 is 9.47 Å². The standard InChI is InChI=1S/C22H22ClN3O3S/c1-12(2)19-21(27)25-20-15-9-17(28-3)18(29-4)10-16(15)24-22(26(19)20)30-11-13-6-5-7-14(23)8-13/h5-10,12,19H,11H2,1-4H3/t19-/m0/s1. The Hall–Kier alpha value is -2.51. The predicted molar refractivity (Wildman–Crippen MR) is 121 cm³/mol. The molecule has 156 valence electrons. The van der Waals surface area contributed by atoms with Crippen molar-refractivity contribution in [1.82, 2.24) is 4.90 Å². The van der Waals surface area contributed by atoms with Crippen molar-refractivity contribution in [1.29, 1.82) is 0 Å². The van der Waals surface area contributed by atoms with Crippen molar-refractivity contribution in [2.45, 2.75) is 25.6 Å². The SMILES string of the molecule is COc1cc2c(cc1OC)C1=NC(=O)[C@H](C(C)C)N1C(SCc1cccc(Cl)c1)=N2. The van der Waals surface area contributed by atoms with E-state index in [0.29, 0.717) is 33.8 Å². The number of rotatable bonds is 5. The second-order valence-electron chi connectivity index (χ2n) is 7.37. The molecule has 8 heteroatoms. The fourth-order valence-corrected chi connectivity index (χ4v) is 4.81. The first kappa shape index (κ1) is 20.8. The van der Waals surface area contributed by atoms with E-state index in [2.05, 4.69) is 4.99 Å². The second-order valence-corrected chi connectivity index (χ2v) is 8.75. The van der Waals surface area contributed by atoms with E-state index in [0.717, 1.165) is 16.3 Å². The van der Waals surface area contributed by atoms with Gasteiger partial charge in [0.1, 0.15) is 11.9 Å². The van der Waals surface area contributed by atoms with Gasteiger partial charge in [-0.05, 0) is 29.7 Å². The minimum atomic E-state index is -0.383. The van der Waals surface area contributed by atoms with Crippen molar-refractivity contribution in [3.8, 4) is 11.5 Å². The Kier molecular flexibility index (Phi) is 5.75. The number of thioether (sulfide) groups is 1. The molecule has 0 radical (unpaired) electrons. The first-order valence-electron chi connectivity index (χ1n) is 9.57. The van der Waals surface area contributed by atoms with Gasteiger partial charge < -0.3 is 9.47 Å². The lowest BCUT2D eigenvalue weighted by Gasteiger charge is -2.33. The molecule has 2 aromatic rings. The van der Waals surface area contributed by atoms with Gasteiger partial charge in [0.2, 0.25) is 0 Å². The van der Waals surface area contributed by atoms with Gasteiger partial charge in [-0.15, -0.1) is 0 Å². The number of nitrogens with zero attached hydrogens (tertiary/aromatic N) is 3. The molecular weight excluding hydrogens is 422 g/mol. The predicted octanol–water partition coefficient (Wildman–Crippen LogP) is 4.91. The van der Waals surface area contributed by atoms with Crippen LogP contribution in [0.15, 0.2) is 46.4 Å². The lowest BCUT2D eigenvalue weighted by Crippen LogP contribution is -2.46. The Labute approximate surface area is 184 Å². The maximum absolute atomic E-state index is 12.8. The van der Waals surface area contributed by atoms with Crippen molar-refractivity contribution in [3.05, 3.63) is 52.5 Å². The van der Waals surface area contributed by atoms with Crippen molar-refractivity contribution in [3.63, 3.8) is 0 Å². The quantitative estimate of drug-likeness (QED) is 0.657. The molecule has 0 saturated carbocycles. The lowest BCUT2D eigenvalue weighted by atomic mass is 10.0. The lowest BCUT2D eigenvalue weighted by molar-refractivity contribution is -0.120. The Morgan fingerprint density at radius 2 is 1.87 bits per heavy atom. The van der Waals surface area contributed by atoms with Crippen LogP contribution >= 0.6 is 23.4 Å². The Bertz CT molecular complexity index is 1070. The topological polar surface area (TPSA) is 63.5 Å². The summed E-state index contributed by atoms with van der Waals surface area (Å²) in [5, 5.41) is 1.43. The monoisotopic (exact) mass is 443 g/mol. The number of carbonyl (C=O) groups is 1. The highest BCUT2D eigenvalue weighted by Crippen LogP contribution is 2.42. The summed E-state index contributed by atoms with van der Waals surface area (Å²) in [5.41, 5.74) is 2.54. The number of benzene rings is 2. The fourth-order valence-electron chi connectivity index (χ4n) is 3.62. The normalized spacial score (nSPS) is 17.5. The summed E-state index contributed by atoms with van der Waals surface area (Å²) in [4.78, 5) is 24.0. The maximum Gasteiger partial charge on any atom is 0.271 e. The van der Waals surface area contributed by atoms with E-state index >= 15 is 0 Å². The number of carbonyl (C=O) groups excluding carboxylic acids is 1. The van der Waals surface area contributed by atoms with E-state index in [1.807, 2.05) is 55.1 Å². The Balaban J connectivity index is 1.78. The van der Waals surface area contributed by atoms with Gasteiger partial charge in [0.05, 0.1) is 19.9 Å². The highest BCUT2D eigenvalue weighted by Gasteiger charge is 2.43. The molecule has 2 aliphatic rings. The van der Waals surface area contributed by atoms with Crippen LogP contribution in [-0.4, -0.2) is 42.1 Å². The summed E-state index contributed by atoms with van der Waals surface area (Å²) in [6, 6.07) is 11.0. The van der Waals surface area contributed by atoms with E-state index < -0.39 is 0 Å². The number of ether oxygens (including phenoxy) is 2. The highest BCUT2D eigenvalue weighted by molar-refractivity contribution is 8.13. The van der Waals surface area contributed by atoms with Gasteiger partial charge >= 0.3 is 0 Å². The molecular formula is C22H22ClN3O3S. The molecule has 6 nitrogen and oxygen atoms in total. The molecule has 1 amide bonds. The summed E-state index contributed by atoms with van der Waals surface area (Å²) in [6.45, 7) is 4.04. The number of aliphatic imine (C=N–C) groups is 2. The van der Waals surface area contributed by atoms with Crippen LogP contribution in [-0.2, 0) is 10.5 Å². The summed E-state index contributed by atoms with van der Waals surface area (Å²) in [5.74, 6) is 2.36. The summed E-state index contributed by atoms with van der Waals surface area (Å²) in [6.07, 6.45) is 0. The molecule has 0 fully saturated rings. The Morgan fingerprint density at radius 3 is 2.53 bits per heavy atom. The summed E-state index contributed by atoms with van der Waals surface area (Å²) >= 11 is 7.69. The summed E-state index contributed by atoms with van der Waals surface area (Å²) < 4.78 is 10.9. The van der Waals surface area contributed by atoms with Gasteiger partial charge in [0.25, 0.3) is 5.91 Å². The molecule has 30 heavy (non-hydrogen) atoms. The number of amidine groups is 2. The van der Waals surface area contributed by atoms with Gasteiger partial charge in [-0.1, -0.05) is 49.3 Å². The molecule has 0 N–H and O–H groups in total. The molecule has 2 aromatic carbocycles. The molecule has 0 unspecified atom stereocenters. The minimum Gasteiger partial charge on any atom is -0.493 e. The smallest absolute Gasteiger partial charge is 0.271 e. The van der Waals surface area contributed by atoms with Crippen LogP contribution in [0.5, 0.6) is 11.5 Å². The van der Waals surface area contributed by atoms with Crippen LogP contribution in [0.4, 0.5) is 5.69 Å². The number of amides is 1. The number of methoxy groups -OCH3 is 2. The van der Waals surface area contributed by atoms with Crippen LogP contribution in [0, 0.1) is 5.92 Å². The molecule has 0 aliphatic carbocycles. The van der Waals surface area contributed by atoms with Crippen molar-refractivity contribution < 1.29 is 14.3 Å². The molecule has 0 aromatic heterocycles. The summed E-state index contributed by atoms with van der Waals surface area (Å²) in [7, 11) is 3.17. The van der Waals surface area contributed by atoms with Crippen LogP contribution in [0.2, 0.25) is 5.02 Å². The zero-order chi connectivity index (χ0) is 21.4. The van der Waals surface area contributed by atoms with E-state index in [9.17, 15) is 4.79 Å². The molecule has 0 spiro atoms. The third kappa shape index (κ3) is 3.68. The van der Waals surface area contributed by atoms with E-state index in [-0.39, 0.29) is 17.9 Å². The maximum atomic E-state index is 12.8. The minimum absolute atomic E-state index is 0.0809. The average Bonchev–Trinajstić information content (AvgIpc) is 3.08. The number of hydrogen-bond donors (Lipinski definition) is 0. The molecule has 0 saturated heterocycles. The fraction of sp³-hybridized carbons (Fsp3) is 0.318. The molecule has 4 rings (SSSR count). The molecule has 0 bridgehead atoms. The van der Waals surface area contributed by atoms with Crippen molar-refractivity contribution in [2.24, 2.45) is 15.9 Å². The average molecular weight is 444 g/mol. The van der Waals surface area contributed by atoms with Crippen LogP contribution in [0.1, 0.15) is 25.0 Å².